The van der Waals surface area contributed by atoms with Crippen molar-refractivity contribution in [1.82, 2.24) is 29.3 Å². The maximum atomic E-state index is 5.33. The molecule has 0 saturated carbocycles. The van der Waals surface area contributed by atoms with Gasteiger partial charge in [0.1, 0.15) is 0 Å². The highest BCUT2D eigenvalue weighted by Crippen LogP contribution is 2.26. The summed E-state index contributed by atoms with van der Waals surface area (Å²) in [4.78, 5) is 0. The number of aromatic nitrogens is 6. The van der Waals surface area contributed by atoms with Crippen LogP contribution in [0.5, 0.6) is 0 Å². The van der Waals surface area contributed by atoms with Crippen molar-refractivity contribution in [2.75, 3.05) is 0 Å². The second-order valence-electron chi connectivity index (χ2n) is 11.7. The van der Waals surface area contributed by atoms with Gasteiger partial charge in [0.2, 0.25) is 6.29 Å². The molecular formula is C34H58N6. The van der Waals surface area contributed by atoms with Gasteiger partial charge in [0.25, 0.3) is 0 Å². The first-order valence-corrected chi connectivity index (χ1v) is 16.8. The maximum absolute atomic E-state index is 5.33. The third-order valence-corrected chi connectivity index (χ3v) is 7.97. The fourth-order valence-corrected chi connectivity index (χ4v) is 5.45. The summed E-state index contributed by atoms with van der Waals surface area (Å²) in [6.45, 7) is 13.6. The lowest BCUT2D eigenvalue weighted by molar-refractivity contribution is 0.259. The standard InChI is InChI=1S/C34H58N6/c1-7-13-19-28-25-31(22-16-10-4)38(35-28)34(39-32(23-17-11-5)26-29(36-39)20-14-8-2)40-33(24-18-12-6)27-30(37-40)21-15-9-3/h25-27,34H,7-24H2,1-6H3. The zero-order valence-corrected chi connectivity index (χ0v) is 26.7. The molecule has 0 unspecified atom stereocenters. The molecular weight excluding hydrogens is 492 g/mol. The van der Waals surface area contributed by atoms with Crippen LogP contribution in [0.1, 0.15) is 159 Å². The third kappa shape index (κ3) is 8.81. The normalized spacial score (nSPS) is 11.8. The topological polar surface area (TPSA) is 53.5 Å². The molecule has 3 aromatic heterocycles. The molecule has 0 radical (unpaired) electrons. The Kier molecular flexibility index (Phi) is 14.0. The van der Waals surface area contributed by atoms with Crippen LogP contribution in [0.25, 0.3) is 0 Å². The molecule has 224 valence electrons. The van der Waals surface area contributed by atoms with Gasteiger partial charge in [-0.15, -0.1) is 0 Å². The highest BCUT2D eigenvalue weighted by Gasteiger charge is 2.27. The smallest absolute Gasteiger partial charge is 0.224 e. The van der Waals surface area contributed by atoms with Crippen LogP contribution in [0.2, 0.25) is 0 Å². The molecule has 0 N–H and O–H groups in total. The molecule has 3 rings (SSSR count). The molecule has 0 aromatic carbocycles. The number of hydrogen-bond acceptors (Lipinski definition) is 3. The van der Waals surface area contributed by atoms with Crippen molar-refractivity contribution in [2.45, 2.75) is 163 Å². The molecule has 0 atom stereocenters. The van der Waals surface area contributed by atoms with Crippen LogP contribution in [-0.2, 0) is 38.5 Å². The lowest BCUT2D eigenvalue weighted by Crippen LogP contribution is -2.32. The molecule has 0 amide bonds. The van der Waals surface area contributed by atoms with Crippen molar-refractivity contribution >= 4 is 0 Å². The van der Waals surface area contributed by atoms with E-state index in [1.54, 1.807) is 0 Å². The molecule has 0 bridgehead atoms. The van der Waals surface area contributed by atoms with Gasteiger partial charge in [0.05, 0.1) is 17.1 Å². The van der Waals surface area contributed by atoms with E-state index < -0.39 is 0 Å². The lowest BCUT2D eigenvalue weighted by atomic mass is 10.1. The average Bonchev–Trinajstić information content (AvgIpc) is 3.68. The van der Waals surface area contributed by atoms with Crippen molar-refractivity contribution < 1.29 is 0 Å². The minimum absolute atomic E-state index is 0.202. The Hall–Kier alpha value is -2.37. The molecule has 6 nitrogen and oxygen atoms in total. The van der Waals surface area contributed by atoms with Gasteiger partial charge >= 0.3 is 0 Å². The molecule has 0 aliphatic carbocycles. The summed E-state index contributed by atoms with van der Waals surface area (Å²) >= 11 is 0. The van der Waals surface area contributed by atoms with Crippen molar-refractivity contribution in [3.05, 3.63) is 52.4 Å². The largest absolute Gasteiger partial charge is 0.238 e. The van der Waals surface area contributed by atoms with E-state index in [0.29, 0.717) is 0 Å². The van der Waals surface area contributed by atoms with E-state index >= 15 is 0 Å². The molecule has 3 aromatic rings. The zero-order valence-electron chi connectivity index (χ0n) is 26.7. The highest BCUT2D eigenvalue weighted by atomic mass is 15.6. The van der Waals surface area contributed by atoms with E-state index in [4.69, 9.17) is 15.3 Å². The Morgan fingerprint density at radius 3 is 0.925 bits per heavy atom. The molecule has 0 saturated heterocycles. The van der Waals surface area contributed by atoms with E-state index in [0.717, 1.165) is 38.5 Å². The fourth-order valence-electron chi connectivity index (χ4n) is 5.45. The highest BCUT2D eigenvalue weighted by molar-refractivity contribution is 5.18. The van der Waals surface area contributed by atoms with Crippen LogP contribution in [0.15, 0.2) is 18.2 Å². The minimum atomic E-state index is -0.202. The molecule has 0 spiro atoms. The van der Waals surface area contributed by atoms with Crippen molar-refractivity contribution in [1.29, 1.82) is 0 Å². The van der Waals surface area contributed by atoms with Crippen LogP contribution >= 0.6 is 0 Å². The van der Waals surface area contributed by atoms with Crippen molar-refractivity contribution in [3.63, 3.8) is 0 Å². The Balaban J connectivity index is 2.24. The van der Waals surface area contributed by atoms with Gasteiger partial charge in [-0.3, -0.25) is 0 Å². The predicted molar refractivity (Wildman–Crippen MR) is 168 cm³/mol. The number of hydrogen-bond donors (Lipinski definition) is 0. The van der Waals surface area contributed by atoms with Crippen LogP contribution in [0.4, 0.5) is 0 Å². The lowest BCUT2D eigenvalue weighted by Gasteiger charge is -2.25. The van der Waals surface area contributed by atoms with Gasteiger partial charge in [-0.25, -0.2) is 14.0 Å². The Morgan fingerprint density at radius 2 is 0.675 bits per heavy atom. The summed E-state index contributed by atoms with van der Waals surface area (Å²) in [6, 6.07) is 7.12. The van der Waals surface area contributed by atoms with Gasteiger partial charge in [-0.1, -0.05) is 80.1 Å². The van der Waals surface area contributed by atoms with E-state index in [2.05, 4.69) is 73.8 Å². The first-order valence-electron chi connectivity index (χ1n) is 16.8. The monoisotopic (exact) mass is 550 g/mol. The van der Waals surface area contributed by atoms with E-state index in [1.807, 2.05) is 0 Å². The summed E-state index contributed by atoms with van der Waals surface area (Å²) in [6.07, 6.45) is 20.1. The molecule has 0 aliphatic rings. The fraction of sp³-hybridized carbons (Fsp3) is 0.735. The molecule has 3 heterocycles. The van der Waals surface area contributed by atoms with Crippen LogP contribution < -0.4 is 0 Å². The zero-order chi connectivity index (χ0) is 28.7. The first kappa shape index (κ1) is 32.1. The van der Waals surface area contributed by atoms with Gasteiger partial charge in [-0.2, -0.15) is 15.3 Å². The summed E-state index contributed by atoms with van der Waals surface area (Å²) in [5.74, 6) is 0. The second-order valence-corrected chi connectivity index (χ2v) is 11.7. The first-order chi connectivity index (χ1) is 19.6. The van der Waals surface area contributed by atoms with E-state index in [9.17, 15) is 0 Å². The minimum Gasteiger partial charge on any atom is -0.224 e. The average molecular weight is 551 g/mol. The molecule has 0 fully saturated rings. The number of unbranched alkanes of at least 4 members (excludes halogenated alkanes) is 6. The summed E-state index contributed by atoms with van der Waals surface area (Å²) < 4.78 is 6.91. The van der Waals surface area contributed by atoms with Crippen LogP contribution in [0, 0.1) is 0 Å². The molecule has 6 heteroatoms. The van der Waals surface area contributed by atoms with Crippen LogP contribution in [-0.4, -0.2) is 29.3 Å². The van der Waals surface area contributed by atoms with Gasteiger partial charge in [-0.05, 0) is 95.2 Å². The SMILES string of the molecule is CCCCc1cc(CCCC)n(C(n2nc(CCCC)cc2CCCC)n2nc(CCCC)cc2CCCC)n1. The Labute approximate surface area is 244 Å². The van der Waals surface area contributed by atoms with Crippen molar-refractivity contribution in [3.8, 4) is 0 Å². The Morgan fingerprint density at radius 1 is 0.425 bits per heavy atom. The van der Waals surface area contributed by atoms with E-state index in [-0.39, 0.29) is 6.29 Å². The quantitative estimate of drug-likeness (QED) is 0.133. The number of nitrogens with zero attached hydrogens (tertiary/aromatic N) is 6. The summed E-state index contributed by atoms with van der Waals surface area (Å²) in [7, 11) is 0. The van der Waals surface area contributed by atoms with Gasteiger partial charge in [0, 0.05) is 17.1 Å². The van der Waals surface area contributed by atoms with Gasteiger partial charge in [0.15, 0.2) is 0 Å². The van der Waals surface area contributed by atoms with Crippen LogP contribution in [0.3, 0.4) is 0 Å². The number of rotatable bonds is 21. The van der Waals surface area contributed by atoms with Gasteiger partial charge < -0.3 is 0 Å². The second kappa shape index (κ2) is 17.4. The van der Waals surface area contributed by atoms with E-state index in [1.165, 1.54) is 111 Å². The summed E-state index contributed by atoms with van der Waals surface area (Å²) in [5, 5.41) is 16.0. The maximum Gasteiger partial charge on any atom is 0.238 e. The Bertz CT molecular complexity index is 966. The van der Waals surface area contributed by atoms with Crippen molar-refractivity contribution in [2.24, 2.45) is 0 Å². The predicted octanol–water partition coefficient (Wildman–Crippen LogP) is 8.88. The molecule has 40 heavy (non-hydrogen) atoms. The molecule has 0 aliphatic heterocycles. The summed E-state index contributed by atoms with van der Waals surface area (Å²) in [5.41, 5.74) is 7.57. The third-order valence-electron chi connectivity index (χ3n) is 7.97. The number of aryl methyl sites for hydroxylation is 6.